The van der Waals surface area contributed by atoms with Gasteiger partial charge in [-0.05, 0) is 77.0 Å². The van der Waals surface area contributed by atoms with Crippen molar-refractivity contribution in [2.75, 3.05) is 13.2 Å². The van der Waals surface area contributed by atoms with Crippen LogP contribution < -0.4 is 5.32 Å². The van der Waals surface area contributed by atoms with E-state index in [9.17, 15) is 19.8 Å². The number of aliphatic hydroxyl groups is 2. The highest BCUT2D eigenvalue weighted by Gasteiger charge is 2.20. The van der Waals surface area contributed by atoms with Gasteiger partial charge in [0.15, 0.2) is 0 Å². The van der Waals surface area contributed by atoms with Gasteiger partial charge in [-0.25, -0.2) is 0 Å². The summed E-state index contributed by atoms with van der Waals surface area (Å²) in [7, 11) is 0. The molecule has 0 rings (SSSR count). The lowest BCUT2D eigenvalue weighted by atomic mass is 10.0. The third-order valence-electron chi connectivity index (χ3n) is 14.9. The first-order valence-corrected chi connectivity index (χ1v) is 32.2. The smallest absolute Gasteiger partial charge is 0.305 e. The number of carbonyl (C=O) groups excluding carboxylic acids is 2. The molecule has 0 saturated heterocycles. The lowest BCUT2D eigenvalue weighted by Crippen LogP contribution is -2.45. The molecule has 0 heterocycles. The predicted octanol–water partition coefficient (Wildman–Crippen LogP) is 20.4. The summed E-state index contributed by atoms with van der Waals surface area (Å²) in [4.78, 5) is 24.6. The molecule has 0 fully saturated rings. The lowest BCUT2D eigenvalue weighted by molar-refractivity contribution is -0.143. The molecule has 424 valence electrons. The molecule has 0 aliphatic rings. The minimum Gasteiger partial charge on any atom is -0.466 e. The van der Waals surface area contributed by atoms with Crippen LogP contribution in [0.3, 0.4) is 0 Å². The van der Waals surface area contributed by atoms with E-state index in [0.717, 1.165) is 57.8 Å². The molecule has 0 radical (unpaired) electrons. The van der Waals surface area contributed by atoms with Gasteiger partial charge in [0.25, 0.3) is 0 Å². The Hall–Kier alpha value is -1.92. The number of amides is 1. The van der Waals surface area contributed by atoms with Gasteiger partial charge in [0.05, 0.1) is 25.4 Å². The summed E-state index contributed by atoms with van der Waals surface area (Å²) < 4.78 is 5.46. The Bertz CT molecular complexity index is 1170. The number of rotatable bonds is 60. The van der Waals surface area contributed by atoms with Crippen LogP contribution in [-0.4, -0.2) is 47.4 Å². The van der Waals surface area contributed by atoms with Crippen molar-refractivity contribution in [3.63, 3.8) is 0 Å². The highest BCUT2D eigenvalue weighted by molar-refractivity contribution is 5.76. The normalized spacial score (nSPS) is 12.8. The van der Waals surface area contributed by atoms with E-state index >= 15 is 0 Å². The van der Waals surface area contributed by atoms with Crippen molar-refractivity contribution in [3.8, 4) is 0 Å². The zero-order chi connectivity index (χ0) is 52.2. The Kier molecular flexibility index (Phi) is 60.0. The topological polar surface area (TPSA) is 95.9 Å². The van der Waals surface area contributed by atoms with Gasteiger partial charge in [-0.15, -0.1) is 0 Å². The van der Waals surface area contributed by atoms with Crippen LogP contribution in [0.15, 0.2) is 36.5 Å². The van der Waals surface area contributed by atoms with Crippen LogP contribution in [0, 0.1) is 0 Å². The lowest BCUT2D eigenvalue weighted by Gasteiger charge is -2.22. The van der Waals surface area contributed by atoms with Crippen LogP contribution >= 0.6 is 0 Å². The van der Waals surface area contributed by atoms with Crippen molar-refractivity contribution in [3.05, 3.63) is 36.5 Å². The summed E-state index contributed by atoms with van der Waals surface area (Å²) in [6, 6.07) is -0.551. The minimum atomic E-state index is -0.672. The van der Waals surface area contributed by atoms with Crippen LogP contribution in [0.4, 0.5) is 0 Å². The van der Waals surface area contributed by atoms with Gasteiger partial charge in [-0.3, -0.25) is 9.59 Å². The van der Waals surface area contributed by atoms with Crippen molar-refractivity contribution in [1.82, 2.24) is 5.32 Å². The number of hydrogen-bond acceptors (Lipinski definition) is 5. The fourth-order valence-electron chi connectivity index (χ4n) is 9.97. The van der Waals surface area contributed by atoms with Crippen molar-refractivity contribution in [1.29, 1.82) is 0 Å². The second kappa shape index (κ2) is 61.6. The first kappa shape index (κ1) is 70.1. The van der Waals surface area contributed by atoms with Gasteiger partial charge >= 0.3 is 5.97 Å². The standard InChI is InChI=1S/C66H125NO5/c1-3-5-7-9-11-13-15-17-18-19-20-21-22-23-25-28-31-35-38-42-46-50-54-58-64(69)63(62-68)67-65(70)59-55-51-47-43-39-36-32-29-26-24-27-30-33-37-41-45-49-53-57-61-72-66(71)60-56-52-48-44-40-34-16-14-12-10-8-6-4-2/h8,10,14,16,24,26,63-64,68-69H,3-7,9,11-13,15,17-23,25,27-62H2,1-2H3,(H,67,70)/b10-8-,16-14-,26-24-. The van der Waals surface area contributed by atoms with E-state index in [2.05, 4.69) is 55.6 Å². The van der Waals surface area contributed by atoms with Gasteiger partial charge < -0.3 is 20.3 Å². The van der Waals surface area contributed by atoms with Crippen molar-refractivity contribution < 1.29 is 24.5 Å². The zero-order valence-corrected chi connectivity index (χ0v) is 48.4. The van der Waals surface area contributed by atoms with E-state index in [0.29, 0.717) is 25.9 Å². The fraction of sp³-hybridized carbons (Fsp3) is 0.879. The summed E-state index contributed by atoms with van der Waals surface area (Å²) in [5.74, 6) is -0.0527. The second-order valence-corrected chi connectivity index (χ2v) is 22.1. The second-order valence-electron chi connectivity index (χ2n) is 22.1. The Balaban J connectivity index is 3.45. The van der Waals surface area contributed by atoms with Crippen molar-refractivity contribution >= 4 is 11.9 Å². The summed E-state index contributed by atoms with van der Waals surface area (Å²) in [6.45, 7) is 4.89. The van der Waals surface area contributed by atoms with Gasteiger partial charge in [-0.2, -0.15) is 0 Å². The molecule has 6 nitrogen and oxygen atoms in total. The molecule has 0 aliphatic heterocycles. The largest absolute Gasteiger partial charge is 0.466 e. The number of hydrogen-bond donors (Lipinski definition) is 3. The summed E-state index contributed by atoms with van der Waals surface area (Å²) in [5, 5.41) is 23.4. The van der Waals surface area contributed by atoms with E-state index in [4.69, 9.17) is 4.74 Å². The molecule has 0 spiro atoms. The third-order valence-corrected chi connectivity index (χ3v) is 14.9. The Labute approximate surface area is 449 Å². The highest BCUT2D eigenvalue weighted by atomic mass is 16.5. The summed E-state index contributed by atoms with van der Waals surface area (Å²) in [6.07, 6.45) is 77.3. The van der Waals surface area contributed by atoms with Gasteiger partial charge in [0.2, 0.25) is 5.91 Å². The molecule has 0 aromatic rings. The number of aliphatic hydroxyl groups excluding tert-OH is 2. The number of ether oxygens (including phenoxy) is 1. The maximum atomic E-state index is 12.5. The van der Waals surface area contributed by atoms with Crippen LogP contribution in [-0.2, 0) is 14.3 Å². The molecular formula is C66H125NO5. The third kappa shape index (κ3) is 57.4. The molecule has 3 N–H and O–H groups in total. The van der Waals surface area contributed by atoms with Crippen molar-refractivity contribution in [2.24, 2.45) is 0 Å². The Morgan fingerprint density at radius 2 is 0.722 bits per heavy atom. The van der Waals surface area contributed by atoms with Crippen LogP contribution in [0.5, 0.6) is 0 Å². The molecule has 0 bridgehead atoms. The number of nitrogens with one attached hydrogen (secondary N) is 1. The maximum Gasteiger partial charge on any atom is 0.305 e. The molecule has 0 aromatic heterocycles. The molecule has 0 saturated carbocycles. The van der Waals surface area contributed by atoms with Crippen LogP contribution in [0.1, 0.15) is 348 Å². The van der Waals surface area contributed by atoms with E-state index in [1.54, 1.807) is 0 Å². The quantitative estimate of drug-likeness (QED) is 0.0320. The van der Waals surface area contributed by atoms with E-state index < -0.39 is 12.1 Å². The Morgan fingerprint density at radius 1 is 0.389 bits per heavy atom. The van der Waals surface area contributed by atoms with Gasteiger partial charge in [0.1, 0.15) is 0 Å². The monoisotopic (exact) mass is 1010 g/mol. The first-order chi connectivity index (χ1) is 35.5. The van der Waals surface area contributed by atoms with E-state index in [1.165, 1.54) is 257 Å². The molecule has 6 heteroatoms. The summed E-state index contributed by atoms with van der Waals surface area (Å²) >= 11 is 0. The minimum absolute atomic E-state index is 0.0110. The molecule has 2 unspecified atom stereocenters. The van der Waals surface area contributed by atoms with E-state index in [-0.39, 0.29) is 18.5 Å². The molecule has 2 atom stereocenters. The first-order valence-electron chi connectivity index (χ1n) is 32.2. The van der Waals surface area contributed by atoms with Gasteiger partial charge in [-0.1, -0.05) is 294 Å². The number of esters is 1. The van der Waals surface area contributed by atoms with Crippen LogP contribution in [0.2, 0.25) is 0 Å². The zero-order valence-electron chi connectivity index (χ0n) is 48.4. The number of carbonyl (C=O) groups is 2. The number of unbranched alkanes of at least 4 members (excludes halogenated alkanes) is 43. The molecule has 72 heavy (non-hydrogen) atoms. The average Bonchev–Trinajstić information content (AvgIpc) is 3.38. The highest BCUT2D eigenvalue weighted by Crippen LogP contribution is 2.18. The maximum absolute atomic E-state index is 12.5. The van der Waals surface area contributed by atoms with E-state index in [1.807, 2.05) is 0 Å². The van der Waals surface area contributed by atoms with Gasteiger partial charge in [0, 0.05) is 12.8 Å². The molecule has 1 amide bonds. The predicted molar refractivity (Wildman–Crippen MR) is 315 cm³/mol. The Morgan fingerprint density at radius 3 is 1.12 bits per heavy atom. The van der Waals surface area contributed by atoms with Crippen LogP contribution in [0.25, 0.3) is 0 Å². The van der Waals surface area contributed by atoms with Crippen molar-refractivity contribution in [2.45, 2.75) is 360 Å². The molecule has 0 aliphatic carbocycles. The summed E-state index contributed by atoms with van der Waals surface area (Å²) in [5.41, 5.74) is 0. The molecular weight excluding hydrogens is 887 g/mol. The fourth-order valence-corrected chi connectivity index (χ4v) is 9.97. The average molecular weight is 1010 g/mol. The number of allylic oxidation sites excluding steroid dienone is 6. The molecule has 0 aromatic carbocycles. The SMILES string of the molecule is CCC/C=C\C/C=C\CCCCCCCC(=O)OCCCCCCCCCC/C=C\CCCCCCCCCC(=O)NC(CO)C(O)CCCCCCCCCCCCCCCCCCCCCCCCC.